The highest BCUT2D eigenvalue weighted by atomic mass is 16.2. The van der Waals surface area contributed by atoms with Gasteiger partial charge in [-0.2, -0.15) is 0 Å². The molecule has 1 amide bonds. The molecule has 0 saturated carbocycles. The summed E-state index contributed by atoms with van der Waals surface area (Å²) < 4.78 is 0. The molecular formula is C22H26N8O. The summed E-state index contributed by atoms with van der Waals surface area (Å²) >= 11 is 0. The van der Waals surface area contributed by atoms with Gasteiger partial charge in [-0.3, -0.25) is 9.78 Å². The molecule has 6 N–H and O–H groups in total. The van der Waals surface area contributed by atoms with Crippen molar-refractivity contribution in [2.45, 2.75) is 25.8 Å². The molecule has 1 saturated heterocycles. The van der Waals surface area contributed by atoms with E-state index in [1.807, 2.05) is 25.1 Å². The van der Waals surface area contributed by atoms with E-state index in [0.29, 0.717) is 41.3 Å². The molecule has 160 valence electrons. The van der Waals surface area contributed by atoms with Gasteiger partial charge in [-0.05, 0) is 49.6 Å². The zero-order valence-corrected chi connectivity index (χ0v) is 17.5. The third kappa shape index (κ3) is 3.87. The van der Waals surface area contributed by atoms with E-state index in [9.17, 15) is 4.79 Å². The first-order chi connectivity index (χ1) is 14.9. The summed E-state index contributed by atoms with van der Waals surface area (Å²) in [6.45, 7) is 6.69. The van der Waals surface area contributed by atoms with Gasteiger partial charge in [0.2, 0.25) is 5.91 Å². The van der Waals surface area contributed by atoms with E-state index in [1.165, 1.54) is 6.08 Å². The lowest BCUT2D eigenvalue weighted by atomic mass is 10.0. The molecule has 0 unspecified atom stereocenters. The van der Waals surface area contributed by atoms with Gasteiger partial charge in [-0.15, -0.1) is 0 Å². The van der Waals surface area contributed by atoms with Gasteiger partial charge in [0.25, 0.3) is 0 Å². The Morgan fingerprint density at radius 1 is 1.23 bits per heavy atom. The topological polar surface area (TPSA) is 140 Å². The summed E-state index contributed by atoms with van der Waals surface area (Å²) in [5, 5.41) is 1.68. The van der Waals surface area contributed by atoms with E-state index in [2.05, 4.69) is 16.5 Å². The van der Waals surface area contributed by atoms with Crippen LogP contribution in [0.2, 0.25) is 0 Å². The number of amides is 1. The van der Waals surface area contributed by atoms with Crippen LogP contribution in [0.4, 0.5) is 17.2 Å². The predicted octanol–water partition coefficient (Wildman–Crippen LogP) is 2.02. The van der Waals surface area contributed by atoms with Crippen molar-refractivity contribution in [3.8, 4) is 11.3 Å². The van der Waals surface area contributed by atoms with Crippen molar-refractivity contribution < 1.29 is 4.79 Å². The fraction of sp³-hybridized carbons (Fsp3) is 0.273. The van der Waals surface area contributed by atoms with Gasteiger partial charge in [0.05, 0.1) is 23.1 Å². The second kappa shape index (κ2) is 8.19. The summed E-state index contributed by atoms with van der Waals surface area (Å²) in [6.07, 6.45) is 6.08. The predicted molar refractivity (Wildman–Crippen MR) is 123 cm³/mol. The fourth-order valence-electron chi connectivity index (χ4n) is 3.90. The Morgan fingerprint density at radius 2 is 1.97 bits per heavy atom. The van der Waals surface area contributed by atoms with Crippen molar-refractivity contribution >= 4 is 34.1 Å². The van der Waals surface area contributed by atoms with Crippen LogP contribution in [0.1, 0.15) is 18.4 Å². The van der Waals surface area contributed by atoms with Crippen LogP contribution >= 0.6 is 0 Å². The van der Waals surface area contributed by atoms with Crippen LogP contribution in [-0.2, 0) is 4.79 Å². The van der Waals surface area contributed by atoms with E-state index in [4.69, 9.17) is 22.3 Å². The summed E-state index contributed by atoms with van der Waals surface area (Å²) in [7, 11) is 0. The minimum absolute atomic E-state index is 0.0210. The first kappa shape index (κ1) is 20.5. The largest absolute Gasteiger partial charge is 0.396 e. The number of likely N-dealkylation sites (tertiary alicyclic amines) is 1. The Labute approximate surface area is 180 Å². The molecular weight excluding hydrogens is 392 g/mol. The highest BCUT2D eigenvalue weighted by molar-refractivity contribution is 5.95. The normalized spacial score (nSPS) is 14.6. The van der Waals surface area contributed by atoms with E-state index < -0.39 is 0 Å². The number of nitrogens with zero attached hydrogens (tertiary/aromatic N) is 5. The van der Waals surface area contributed by atoms with Crippen molar-refractivity contribution in [2.75, 3.05) is 29.6 Å². The monoisotopic (exact) mass is 418 g/mol. The van der Waals surface area contributed by atoms with Gasteiger partial charge < -0.3 is 21.4 Å². The summed E-state index contributed by atoms with van der Waals surface area (Å²) in [5.41, 5.74) is 17.0. The second-order valence-corrected chi connectivity index (χ2v) is 7.72. The molecule has 1 aliphatic rings. The summed E-state index contributed by atoms with van der Waals surface area (Å²) in [5.74, 6) is 6.99. The summed E-state index contributed by atoms with van der Waals surface area (Å²) in [6, 6.07) is 5.75. The van der Waals surface area contributed by atoms with Crippen molar-refractivity contribution in [3.63, 3.8) is 0 Å². The SMILES string of the molecule is C=CC(=O)N1CCC(N(N)c2c(N)cnc3ccc(-c4cnc(N)c(C)c4)nc23)CC1. The third-order valence-corrected chi connectivity index (χ3v) is 5.73. The van der Waals surface area contributed by atoms with Crippen molar-refractivity contribution in [3.05, 3.63) is 48.8 Å². The molecule has 9 nitrogen and oxygen atoms in total. The minimum atomic E-state index is -0.0606. The van der Waals surface area contributed by atoms with Crippen LogP contribution in [0.25, 0.3) is 22.3 Å². The van der Waals surface area contributed by atoms with Crippen LogP contribution in [-0.4, -0.2) is 44.9 Å². The number of hydrogen-bond donors (Lipinski definition) is 3. The van der Waals surface area contributed by atoms with Gasteiger partial charge in [-0.1, -0.05) is 6.58 Å². The smallest absolute Gasteiger partial charge is 0.245 e. The Morgan fingerprint density at radius 3 is 2.65 bits per heavy atom. The average Bonchev–Trinajstić information content (AvgIpc) is 2.79. The van der Waals surface area contributed by atoms with E-state index in [-0.39, 0.29) is 11.9 Å². The minimum Gasteiger partial charge on any atom is -0.396 e. The lowest BCUT2D eigenvalue weighted by Gasteiger charge is -2.37. The van der Waals surface area contributed by atoms with Crippen molar-refractivity contribution in [1.82, 2.24) is 19.9 Å². The molecule has 3 aromatic rings. The van der Waals surface area contributed by atoms with Gasteiger partial charge in [0.1, 0.15) is 17.0 Å². The number of nitrogens with two attached hydrogens (primary N) is 3. The van der Waals surface area contributed by atoms with Crippen LogP contribution in [0.15, 0.2) is 43.2 Å². The molecule has 0 bridgehead atoms. The lowest BCUT2D eigenvalue weighted by Crippen LogP contribution is -2.49. The number of nitrogen functional groups attached to an aromatic ring is 2. The Bertz CT molecular complexity index is 1150. The van der Waals surface area contributed by atoms with E-state index >= 15 is 0 Å². The molecule has 4 heterocycles. The Hall–Kier alpha value is -3.72. The van der Waals surface area contributed by atoms with Gasteiger partial charge >= 0.3 is 0 Å². The highest BCUT2D eigenvalue weighted by Crippen LogP contribution is 2.33. The molecule has 31 heavy (non-hydrogen) atoms. The number of carbonyl (C=O) groups is 1. The molecule has 1 fully saturated rings. The number of piperidine rings is 1. The van der Waals surface area contributed by atoms with E-state index in [0.717, 1.165) is 29.7 Å². The molecule has 0 spiro atoms. The number of aromatic nitrogens is 3. The number of hydrazine groups is 1. The molecule has 1 aliphatic heterocycles. The van der Waals surface area contributed by atoms with Crippen LogP contribution in [0, 0.1) is 6.92 Å². The maximum Gasteiger partial charge on any atom is 0.245 e. The molecule has 0 aromatic carbocycles. The average molecular weight is 419 g/mol. The summed E-state index contributed by atoms with van der Waals surface area (Å²) in [4.78, 5) is 27.1. The van der Waals surface area contributed by atoms with Crippen LogP contribution in [0.3, 0.4) is 0 Å². The molecule has 0 aliphatic carbocycles. The van der Waals surface area contributed by atoms with Crippen LogP contribution < -0.4 is 22.3 Å². The number of pyridine rings is 3. The second-order valence-electron chi connectivity index (χ2n) is 7.72. The maximum atomic E-state index is 11.9. The number of carbonyl (C=O) groups excluding carboxylic acids is 1. The quantitative estimate of drug-likeness (QED) is 0.332. The first-order valence-electron chi connectivity index (χ1n) is 10.1. The zero-order chi connectivity index (χ0) is 22.1. The molecule has 0 radical (unpaired) electrons. The number of anilines is 3. The zero-order valence-electron chi connectivity index (χ0n) is 17.5. The third-order valence-electron chi connectivity index (χ3n) is 5.73. The molecule has 9 heteroatoms. The Kier molecular flexibility index (Phi) is 5.43. The standard InChI is InChI=1S/C22H26N8O/c1-3-19(31)29-8-6-15(7-9-29)30(25)21-16(23)12-26-18-5-4-17(28-20(18)21)14-10-13(2)22(24)27-11-14/h3-5,10-12,15H,1,6-9,23,25H2,2H3,(H2,24,27). The van der Waals surface area contributed by atoms with Gasteiger partial charge in [-0.25, -0.2) is 15.8 Å². The fourth-order valence-corrected chi connectivity index (χ4v) is 3.90. The molecule has 4 rings (SSSR count). The number of rotatable bonds is 4. The Balaban J connectivity index is 1.70. The highest BCUT2D eigenvalue weighted by Gasteiger charge is 2.27. The first-order valence-corrected chi connectivity index (χ1v) is 10.1. The number of aryl methyl sites for hydroxylation is 1. The van der Waals surface area contributed by atoms with Crippen molar-refractivity contribution in [1.29, 1.82) is 0 Å². The number of fused-ring (bicyclic) bond motifs is 1. The van der Waals surface area contributed by atoms with Crippen molar-refractivity contribution in [2.24, 2.45) is 5.84 Å². The maximum absolute atomic E-state index is 11.9. The van der Waals surface area contributed by atoms with Gasteiger partial charge in [0, 0.05) is 30.9 Å². The lowest BCUT2D eigenvalue weighted by molar-refractivity contribution is -0.127. The van der Waals surface area contributed by atoms with Gasteiger partial charge in [0.15, 0.2) is 0 Å². The molecule has 3 aromatic heterocycles. The number of hydrogen-bond acceptors (Lipinski definition) is 8. The van der Waals surface area contributed by atoms with Crippen LogP contribution in [0.5, 0.6) is 0 Å². The van der Waals surface area contributed by atoms with E-state index in [1.54, 1.807) is 22.3 Å². The molecule has 0 atom stereocenters.